The molecular formula is C8H17N3O2S. The van der Waals surface area contributed by atoms with Crippen LogP contribution in [0.2, 0.25) is 0 Å². The quantitative estimate of drug-likeness (QED) is 0.568. The van der Waals surface area contributed by atoms with Gasteiger partial charge in [0.2, 0.25) is 10.0 Å². The van der Waals surface area contributed by atoms with Crippen LogP contribution >= 0.6 is 0 Å². The summed E-state index contributed by atoms with van der Waals surface area (Å²) in [4.78, 5) is 0. The molecule has 0 aliphatic carbocycles. The lowest BCUT2D eigenvalue weighted by Crippen LogP contribution is -2.43. The van der Waals surface area contributed by atoms with E-state index in [0.29, 0.717) is 13.1 Å². The molecule has 1 atom stereocenters. The highest BCUT2D eigenvalue weighted by atomic mass is 32.2. The third-order valence-corrected chi connectivity index (χ3v) is 4.76. The maximum Gasteiger partial charge on any atom is 0.215 e. The topological polar surface area (TPSA) is 61.4 Å². The average Bonchev–Trinajstić information content (AvgIpc) is 2.57. The molecule has 1 unspecified atom stereocenters. The van der Waals surface area contributed by atoms with Crippen molar-refractivity contribution in [3.63, 3.8) is 0 Å². The van der Waals surface area contributed by atoms with Crippen molar-refractivity contribution < 1.29 is 8.42 Å². The minimum Gasteiger partial charge on any atom is -0.315 e. The monoisotopic (exact) mass is 219 g/mol. The van der Waals surface area contributed by atoms with Gasteiger partial charge in [0.1, 0.15) is 0 Å². The summed E-state index contributed by atoms with van der Waals surface area (Å²) in [5.74, 6) is 0.240. The lowest BCUT2D eigenvalue weighted by atomic mass is 10.2. The molecule has 2 aliphatic rings. The number of sulfonamides is 1. The summed E-state index contributed by atoms with van der Waals surface area (Å²) in [7, 11) is -3.01. The smallest absolute Gasteiger partial charge is 0.215 e. The van der Waals surface area contributed by atoms with Gasteiger partial charge in [-0.1, -0.05) is 0 Å². The maximum atomic E-state index is 11.8. The predicted octanol–water partition coefficient (Wildman–Crippen LogP) is -1.42. The molecule has 0 saturated carbocycles. The Labute approximate surface area is 84.9 Å². The second-order valence-corrected chi connectivity index (χ2v) is 5.86. The van der Waals surface area contributed by atoms with E-state index in [-0.39, 0.29) is 11.8 Å². The molecule has 2 rings (SSSR count). The molecule has 2 heterocycles. The van der Waals surface area contributed by atoms with Crippen molar-refractivity contribution in [2.24, 2.45) is 0 Å². The molecule has 82 valence electrons. The Hall–Kier alpha value is -0.170. The summed E-state index contributed by atoms with van der Waals surface area (Å²) < 4.78 is 25.4. The molecule has 0 aromatic heterocycles. The lowest BCUT2D eigenvalue weighted by Gasteiger charge is -2.25. The van der Waals surface area contributed by atoms with Crippen molar-refractivity contribution in [1.29, 1.82) is 0 Å². The first-order chi connectivity index (χ1) is 6.70. The molecule has 0 spiro atoms. The van der Waals surface area contributed by atoms with Gasteiger partial charge in [-0.2, -0.15) is 4.31 Å². The number of hydrogen-bond donors (Lipinski definition) is 2. The minimum atomic E-state index is -3.01. The SMILES string of the molecule is O=S1(=O)CCNCCN1C1CCNC1. The van der Waals surface area contributed by atoms with Gasteiger partial charge in [0.05, 0.1) is 5.75 Å². The molecule has 2 aliphatic heterocycles. The predicted molar refractivity (Wildman–Crippen MR) is 54.6 cm³/mol. The molecule has 5 nitrogen and oxygen atoms in total. The first-order valence-electron chi connectivity index (χ1n) is 5.11. The number of nitrogens with one attached hydrogen (secondary N) is 2. The van der Waals surface area contributed by atoms with Gasteiger partial charge in [-0.05, 0) is 13.0 Å². The summed E-state index contributed by atoms with van der Waals surface area (Å²) in [5, 5.41) is 6.32. The second-order valence-electron chi connectivity index (χ2n) is 3.82. The van der Waals surface area contributed by atoms with Crippen molar-refractivity contribution in [3.05, 3.63) is 0 Å². The fourth-order valence-electron chi connectivity index (χ4n) is 2.07. The molecule has 0 aromatic rings. The Morgan fingerprint density at radius 2 is 2.00 bits per heavy atom. The van der Waals surface area contributed by atoms with Crippen LogP contribution in [0.5, 0.6) is 0 Å². The van der Waals surface area contributed by atoms with Crippen LogP contribution in [0, 0.1) is 0 Å². The third kappa shape index (κ3) is 2.08. The molecule has 6 heteroatoms. The molecule has 2 saturated heterocycles. The summed E-state index contributed by atoms with van der Waals surface area (Å²) >= 11 is 0. The molecule has 0 radical (unpaired) electrons. The van der Waals surface area contributed by atoms with Gasteiger partial charge in [0.15, 0.2) is 0 Å². The molecule has 0 aromatic carbocycles. The van der Waals surface area contributed by atoms with Crippen molar-refractivity contribution in [1.82, 2.24) is 14.9 Å². The lowest BCUT2D eigenvalue weighted by molar-refractivity contribution is 0.342. The fraction of sp³-hybridized carbons (Fsp3) is 1.00. The second kappa shape index (κ2) is 4.14. The van der Waals surface area contributed by atoms with Crippen molar-refractivity contribution in [3.8, 4) is 0 Å². The van der Waals surface area contributed by atoms with Gasteiger partial charge in [-0.25, -0.2) is 8.42 Å². The van der Waals surface area contributed by atoms with E-state index in [2.05, 4.69) is 10.6 Å². The molecule has 2 fully saturated rings. The Morgan fingerprint density at radius 3 is 2.71 bits per heavy atom. The van der Waals surface area contributed by atoms with Gasteiger partial charge < -0.3 is 10.6 Å². The van der Waals surface area contributed by atoms with E-state index >= 15 is 0 Å². The normalized spacial score (nSPS) is 34.1. The number of hydrogen-bond acceptors (Lipinski definition) is 4. The van der Waals surface area contributed by atoms with Gasteiger partial charge in [-0.3, -0.25) is 0 Å². The van der Waals surface area contributed by atoms with E-state index in [1.165, 1.54) is 0 Å². The first kappa shape index (κ1) is 10.4. The molecular weight excluding hydrogens is 202 g/mol. The van der Waals surface area contributed by atoms with Crippen LogP contribution in [0.25, 0.3) is 0 Å². The van der Waals surface area contributed by atoms with Crippen molar-refractivity contribution in [2.75, 3.05) is 38.5 Å². The summed E-state index contributed by atoms with van der Waals surface area (Å²) in [6.07, 6.45) is 0.944. The van der Waals surface area contributed by atoms with Crippen LogP contribution < -0.4 is 10.6 Å². The maximum absolute atomic E-state index is 11.8. The van der Waals surface area contributed by atoms with E-state index in [4.69, 9.17) is 0 Å². The molecule has 0 bridgehead atoms. The minimum absolute atomic E-state index is 0.180. The van der Waals surface area contributed by atoms with Crippen molar-refractivity contribution >= 4 is 10.0 Å². The van der Waals surface area contributed by atoms with Gasteiger partial charge in [0, 0.05) is 32.2 Å². The summed E-state index contributed by atoms with van der Waals surface area (Å²) in [5.41, 5.74) is 0. The summed E-state index contributed by atoms with van der Waals surface area (Å²) in [6.45, 7) is 3.72. The van der Waals surface area contributed by atoms with Crippen molar-refractivity contribution in [2.45, 2.75) is 12.5 Å². The van der Waals surface area contributed by atoms with Crippen LogP contribution in [-0.2, 0) is 10.0 Å². The fourth-order valence-corrected chi connectivity index (χ4v) is 3.71. The van der Waals surface area contributed by atoms with Crippen LogP contribution in [-0.4, -0.2) is 57.2 Å². The highest BCUT2D eigenvalue weighted by Crippen LogP contribution is 2.14. The zero-order chi connectivity index (χ0) is 10.0. The molecule has 2 N–H and O–H groups in total. The van der Waals surface area contributed by atoms with E-state index in [1.807, 2.05) is 0 Å². The standard InChI is InChI=1S/C8H17N3O2S/c12-14(13)6-4-9-3-5-11(14)8-1-2-10-7-8/h8-10H,1-7H2. The number of nitrogens with zero attached hydrogens (tertiary/aromatic N) is 1. The Morgan fingerprint density at radius 1 is 1.14 bits per heavy atom. The largest absolute Gasteiger partial charge is 0.315 e. The van der Waals surface area contributed by atoms with E-state index in [9.17, 15) is 8.42 Å². The van der Waals surface area contributed by atoms with E-state index in [1.54, 1.807) is 4.31 Å². The summed E-state index contributed by atoms with van der Waals surface area (Å²) in [6, 6.07) is 0.180. The molecule has 0 amide bonds. The highest BCUT2D eigenvalue weighted by Gasteiger charge is 2.32. The van der Waals surface area contributed by atoms with Gasteiger partial charge in [0.25, 0.3) is 0 Å². The van der Waals surface area contributed by atoms with Crippen LogP contribution in [0.15, 0.2) is 0 Å². The van der Waals surface area contributed by atoms with E-state index in [0.717, 1.165) is 26.1 Å². The zero-order valence-electron chi connectivity index (χ0n) is 8.20. The first-order valence-corrected chi connectivity index (χ1v) is 6.72. The van der Waals surface area contributed by atoms with Crippen LogP contribution in [0.4, 0.5) is 0 Å². The zero-order valence-corrected chi connectivity index (χ0v) is 9.02. The highest BCUT2D eigenvalue weighted by molar-refractivity contribution is 7.89. The Bertz CT molecular complexity index is 285. The third-order valence-electron chi connectivity index (χ3n) is 2.84. The van der Waals surface area contributed by atoms with Gasteiger partial charge in [-0.15, -0.1) is 0 Å². The Balaban J connectivity index is 2.12. The van der Waals surface area contributed by atoms with Crippen LogP contribution in [0.3, 0.4) is 0 Å². The van der Waals surface area contributed by atoms with Crippen LogP contribution in [0.1, 0.15) is 6.42 Å². The molecule has 14 heavy (non-hydrogen) atoms. The Kier molecular flexibility index (Phi) is 3.06. The average molecular weight is 219 g/mol. The number of rotatable bonds is 1. The van der Waals surface area contributed by atoms with Gasteiger partial charge >= 0.3 is 0 Å². The van der Waals surface area contributed by atoms with E-state index < -0.39 is 10.0 Å².